The van der Waals surface area contributed by atoms with Crippen molar-refractivity contribution in [1.82, 2.24) is 9.97 Å². The van der Waals surface area contributed by atoms with Gasteiger partial charge in [-0.25, -0.2) is 14.8 Å². The number of nitrogens with one attached hydrogen (secondary N) is 1. The molecule has 0 saturated carbocycles. The summed E-state index contributed by atoms with van der Waals surface area (Å²) in [6.45, 7) is 0.238. The lowest BCUT2D eigenvalue weighted by atomic mass is 10.1. The molecule has 1 N–H and O–H groups in total. The highest BCUT2D eigenvalue weighted by Crippen LogP contribution is 2.39. The molecular weight excluding hydrogens is 410 g/mol. The maximum absolute atomic E-state index is 12.4. The van der Waals surface area contributed by atoms with Crippen LogP contribution in [0.4, 0.5) is 10.3 Å². The van der Waals surface area contributed by atoms with Crippen LogP contribution in [-0.2, 0) is 0 Å². The Bertz CT molecular complexity index is 1410. The van der Waals surface area contributed by atoms with Crippen LogP contribution in [0.2, 0.25) is 0 Å². The van der Waals surface area contributed by atoms with E-state index in [9.17, 15) is 4.79 Å². The van der Waals surface area contributed by atoms with Gasteiger partial charge in [0.05, 0.1) is 21.5 Å². The Morgan fingerprint density at radius 2 is 1.86 bits per heavy atom. The molecule has 0 spiro atoms. The van der Waals surface area contributed by atoms with Crippen molar-refractivity contribution in [3.63, 3.8) is 0 Å². The largest absolute Gasteiger partial charge is 0.454 e. The first kappa shape index (κ1) is 16.5. The predicted molar refractivity (Wildman–Crippen MR) is 113 cm³/mol. The molecule has 1 aliphatic rings. The molecule has 0 unspecified atom stereocenters. The van der Waals surface area contributed by atoms with Crippen LogP contribution < -0.4 is 20.4 Å². The van der Waals surface area contributed by atoms with Gasteiger partial charge in [-0.3, -0.25) is 0 Å². The quantitative estimate of drug-likeness (QED) is 0.410. The maximum atomic E-state index is 12.4. The van der Waals surface area contributed by atoms with Crippen molar-refractivity contribution in [2.45, 2.75) is 0 Å². The number of benzene rings is 2. The SMILES string of the molecule is O=c1oc2ccccc2cc1-c1csc(Nc2nc3cc4c(cc3s2)OCO4)n1. The molecule has 29 heavy (non-hydrogen) atoms. The van der Waals surface area contributed by atoms with E-state index in [4.69, 9.17) is 13.9 Å². The highest BCUT2D eigenvalue weighted by Gasteiger charge is 2.17. The normalized spacial score (nSPS) is 12.7. The topological polar surface area (TPSA) is 86.5 Å². The second-order valence-electron chi connectivity index (χ2n) is 6.34. The van der Waals surface area contributed by atoms with Crippen LogP contribution in [0.3, 0.4) is 0 Å². The van der Waals surface area contributed by atoms with E-state index in [0.717, 1.165) is 21.4 Å². The molecule has 0 fully saturated rings. The fourth-order valence-electron chi connectivity index (χ4n) is 3.16. The molecule has 0 amide bonds. The van der Waals surface area contributed by atoms with Crippen LogP contribution in [0.1, 0.15) is 0 Å². The van der Waals surface area contributed by atoms with Gasteiger partial charge >= 0.3 is 5.63 Å². The fourth-order valence-corrected chi connectivity index (χ4v) is 4.81. The number of anilines is 2. The van der Waals surface area contributed by atoms with Crippen molar-refractivity contribution in [2.24, 2.45) is 0 Å². The summed E-state index contributed by atoms with van der Waals surface area (Å²) in [7, 11) is 0. The second kappa shape index (κ2) is 6.29. The number of hydrogen-bond acceptors (Lipinski definition) is 9. The van der Waals surface area contributed by atoms with E-state index in [1.54, 1.807) is 12.1 Å². The maximum Gasteiger partial charge on any atom is 0.345 e. The van der Waals surface area contributed by atoms with E-state index in [-0.39, 0.29) is 6.79 Å². The lowest BCUT2D eigenvalue weighted by molar-refractivity contribution is 0.174. The number of fused-ring (bicyclic) bond motifs is 3. The zero-order chi connectivity index (χ0) is 19.4. The number of para-hydroxylation sites is 1. The van der Waals surface area contributed by atoms with Crippen molar-refractivity contribution < 1.29 is 13.9 Å². The molecule has 0 radical (unpaired) electrons. The molecule has 5 aromatic rings. The smallest absolute Gasteiger partial charge is 0.345 e. The Kier molecular flexibility index (Phi) is 3.58. The van der Waals surface area contributed by atoms with Gasteiger partial charge in [0.2, 0.25) is 6.79 Å². The third kappa shape index (κ3) is 2.82. The van der Waals surface area contributed by atoms with Crippen molar-refractivity contribution >= 4 is 54.1 Å². The molecule has 0 atom stereocenters. The number of ether oxygens (including phenoxy) is 2. The van der Waals surface area contributed by atoms with E-state index >= 15 is 0 Å². The number of rotatable bonds is 3. The van der Waals surface area contributed by atoms with E-state index < -0.39 is 5.63 Å². The number of hydrogen-bond donors (Lipinski definition) is 1. The molecule has 142 valence electrons. The number of aromatic nitrogens is 2. The average molecular weight is 421 g/mol. The van der Waals surface area contributed by atoms with Crippen LogP contribution in [0.5, 0.6) is 11.5 Å². The first-order valence-corrected chi connectivity index (χ1v) is 10.4. The van der Waals surface area contributed by atoms with E-state index in [2.05, 4.69) is 15.3 Å². The minimum Gasteiger partial charge on any atom is -0.454 e. The highest BCUT2D eigenvalue weighted by molar-refractivity contribution is 7.22. The summed E-state index contributed by atoms with van der Waals surface area (Å²) < 4.78 is 17.2. The molecule has 7 nitrogen and oxygen atoms in total. The van der Waals surface area contributed by atoms with Gasteiger partial charge < -0.3 is 19.2 Å². The monoisotopic (exact) mass is 421 g/mol. The van der Waals surface area contributed by atoms with Crippen LogP contribution in [0, 0.1) is 0 Å². The van der Waals surface area contributed by atoms with Crippen molar-refractivity contribution in [2.75, 3.05) is 12.1 Å². The minimum atomic E-state index is -0.407. The first-order valence-electron chi connectivity index (χ1n) is 8.69. The van der Waals surface area contributed by atoms with Gasteiger partial charge in [0.25, 0.3) is 0 Å². The third-order valence-corrected chi connectivity index (χ3v) is 6.21. The van der Waals surface area contributed by atoms with Crippen molar-refractivity contribution in [1.29, 1.82) is 0 Å². The van der Waals surface area contributed by atoms with Crippen LogP contribution in [0.15, 0.2) is 57.1 Å². The Morgan fingerprint density at radius 1 is 1.00 bits per heavy atom. The van der Waals surface area contributed by atoms with Gasteiger partial charge in [-0.15, -0.1) is 11.3 Å². The standard InChI is InChI=1S/C20H11N3O4S2/c24-18-11(5-10-3-1-2-4-14(10)27-18)13-8-28-19(22-13)23-20-21-12-6-15-16(26-9-25-15)7-17(12)29-20/h1-8H,9H2,(H,21,22,23). The minimum absolute atomic E-state index is 0.238. The molecule has 1 aliphatic heterocycles. The first-order chi connectivity index (χ1) is 14.2. The van der Waals surface area contributed by atoms with E-state index in [1.165, 1.54) is 22.7 Å². The molecule has 0 aliphatic carbocycles. The molecular formula is C20H11N3O4S2. The summed E-state index contributed by atoms with van der Waals surface area (Å²) in [5.74, 6) is 1.43. The van der Waals surface area contributed by atoms with Crippen LogP contribution in [0.25, 0.3) is 32.4 Å². The summed E-state index contributed by atoms with van der Waals surface area (Å²) in [5.41, 5.74) is 1.98. The highest BCUT2D eigenvalue weighted by atomic mass is 32.1. The third-order valence-electron chi connectivity index (χ3n) is 4.52. The molecule has 3 aromatic heterocycles. The number of thiazole rings is 2. The zero-order valence-electron chi connectivity index (χ0n) is 14.7. The van der Waals surface area contributed by atoms with Gasteiger partial charge in [-0.05, 0) is 12.1 Å². The number of nitrogens with zero attached hydrogens (tertiary/aromatic N) is 2. The van der Waals surface area contributed by atoms with Gasteiger partial charge in [0.1, 0.15) is 5.58 Å². The van der Waals surface area contributed by atoms with E-state index in [1.807, 2.05) is 35.7 Å². The lowest BCUT2D eigenvalue weighted by Crippen LogP contribution is -2.02. The zero-order valence-corrected chi connectivity index (χ0v) is 16.3. The van der Waals surface area contributed by atoms with Gasteiger partial charge in [0.15, 0.2) is 21.8 Å². The molecule has 9 heteroatoms. The predicted octanol–water partition coefficient (Wildman–Crippen LogP) is 5.00. The van der Waals surface area contributed by atoms with Gasteiger partial charge in [-0.1, -0.05) is 29.5 Å². The summed E-state index contributed by atoms with van der Waals surface area (Å²) in [4.78, 5) is 21.5. The Balaban J connectivity index is 1.33. The summed E-state index contributed by atoms with van der Waals surface area (Å²) in [5, 5.41) is 7.25. The van der Waals surface area contributed by atoms with Crippen molar-refractivity contribution in [3.05, 3.63) is 58.3 Å². The lowest BCUT2D eigenvalue weighted by Gasteiger charge is -1.99. The summed E-state index contributed by atoms with van der Waals surface area (Å²) in [6.07, 6.45) is 0. The molecule has 6 rings (SSSR count). The molecule has 4 heterocycles. The Hall–Kier alpha value is -3.43. The average Bonchev–Trinajstić information content (AvgIpc) is 3.44. The van der Waals surface area contributed by atoms with Gasteiger partial charge in [-0.2, -0.15) is 0 Å². The Morgan fingerprint density at radius 3 is 2.79 bits per heavy atom. The van der Waals surface area contributed by atoms with Gasteiger partial charge in [0, 0.05) is 22.9 Å². The van der Waals surface area contributed by atoms with Crippen molar-refractivity contribution in [3.8, 4) is 22.8 Å². The summed E-state index contributed by atoms with van der Waals surface area (Å²) in [6, 6.07) is 13.0. The molecule has 0 saturated heterocycles. The Labute approximate surface area is 171 Å². The molecule has 2 aromatic carbocycles. The van der Waals surface area contributed by atoms with Crippen LogP contribution in [-0.4, -0.2) is 16.8 Å². The second-order valence-corrected chi connectivity index (χ2v) is 8.23. The van der Waals surface area contributed by atoms with E-state index in [0.29, 0.717) is 32.9 Å². The summed E-state index contributed by atoms with van der Waals surface area (Å²) >= 11 is 2.90. The fraction of sp³-hybridized carbons (Fsp3) is 0.0500. The van der Waals surface area contributed by atoms with Crippen LogP contribution >= 0.6 is 22.7 Å². The molecule has 0 bridgehead atoms.